The standard InChI is InChI=1S/C21H21ClF3N5O/c1-13(2)10-15(14-4-6-16(7-5-14)21(23,24)25)11-28-19(31)17-12-30(29-18(17)22)20-26-8-3-9-27-20/h3-9,12-13,15H,10-11H2,1-2H3,(H,28,31). The van der Waals surface area contributed by atoms with Crippen molar-refractivity contribution in [2.45, 2.75) is 32.4 Å². The summed E-state index contributed by atoms with van der Waals surface area (Å²) in [5, 5.41) is 6.87. The van der Waals surface area contributed by atoms with Gasteiger partial charge in [0.15, 0.2) is 5.15 Å². The molecule has 1 amide bonds. The summed E-state index contributed by atoms with van der Waals surface area (Å²) in [6, 6.07) is 6.69. The first kappa shape index (κ1) is 22.7. The number of carbonyl (C=O) groups excluding carboxylic acids is 1. The predicted molar refractivity (Wildman–Crippen MR) is 110 cm³/mol. The molecule has 0 aliphatic rings. The molecule has 1 aromatic carbocycles. The largest absolute Gasteiger partial charge is 0.416 e. The van der Waals surface area contributed by atoms with Gasteiger partial charge >= 0.3 is 6.18 Å². The average molecular weight is 452 g/mol. The molecule has 1 atom stereocenters. The van der Waals surface area contributed by atoms with Crippen LogP contribution in [-0.4, -0.2) is 32.2 Å². The molecule has 0 spiro atoms. The van der Waals surface area contributed by atoms with Crippen molar-refractivity contribution in [3.8, 4) is 5.95 Å². The van der Waals surface area contributed by atoms with Gasteiger partial charge in [0.25, 0.3) is 5.91 Å². The van der Waals surface area contributed by atoms with Gasteiger partial charge < -0.3 is 5.32 Å². The summed E-state index contributed by atoms with van der Waals surface area (Å²) in [6.07, 6.45) is 0.815. The van der Waals surface area contributed by atoms with Crippen molar-refractivity contribution in [1.29, 1.82) is 0 Å². The minimum Gasteiger partial charge on any atom is -0.351 e. The van der Waals surface area contributed by atoms with Crippen LogP contribution >= 0.6 is 11.6 Å². The van der Waals surface area contributed by atoms with Crippen LogP contribution in [0.3, 0.4) is 0 Å². The summed E-state index contributed by atoms with van der Waals surface area (Å²) in [5.41, 5.74) is 0.178. The van der Waals surface area contributed by atoms with Gasteiger partial charge in [-0.2, -0.15) is 18.3 Å². The molecule has 0 aliphatic carbocycles. The first-order valence-electron chi connectivity index (χ1n) is 9.63. The van der Waals surface area contributed by atoms with Crippen molar-refractivity contribution >= 4 is 17.5 Å². The highest BCUT2D eigenvalue weighted by Gasteiger charge is 2.30. The van der Waals surface area contributed by atoms with Gasteiger partial charge in [-0.15, -0.1) is 0 Å². The molecule has 3 rings (SSSR count). The number of rotatable bonds is 7. The zero-order valence-corrected chi connectivity index (χ0v) is 17.7. The summed E-state index contributed by atoms with van der Waals surface area (Å²) < 4.78 is 39.9. The number of alkyl halides is 3. The highest BCUT2D eigenvalue weighted by molar-refractivity contribution is 6.32. The van der Waals surface area contributed by atoms with Gasteiger partial charge in [0.05, 0.1) is 11.1 Å². The topological polar surface area (TPSA) is 72.7 Å². The lowest BCUT2D eigenvalue weighted by molar-refractivity contribution is -0.137. The number of hydrogen-bond acceptors (Lipinski definition) is 4. The number of hydrogen-bond donors (Lipinski definition) is 1. The zero-order valence-electron chi connectivity index (χ0n) is 16.9. The second-order valence-electron chi connectivity index (χ2n) is 7.48. The molecule has 0 radical (unpaired) electrons. The summed E-state index contributed by atoms with van der Waals surface area (Å²) in [5.74, 6) is -0.0398. The van der Waals surface area contributed by atoms with Crippen LogP contribution in [0.2, 0.25) is 5.15 Å². The van der Waals surface area contributed by atoms with Crippen molar-refractivity contribution in [1.82, 2.24) is 25.1 Å². The van der Waals surface area contributed by atoms with Crippen LogP contribution in [0.15, 0.2) is 48.9 Å². The van der Waals surface area contributed by atoms with E-state index >= 15 is 0 Å². The van der Waals surface area contributed by atoms with Crippen molar-refractivity contribution in [3.63, 3.8) is 0 Å². The quantitative estimate of drug-likeness (QED) is 0.555. The number of amides is 1. The Morgan fingerprint density at radius 2 is 1.81 bits per heavy atom. The van der Waals surface area contributed by atoms with E-state index in [0.29, 0.717) is 6.42 Å². The van der Waals surface area contributed by atoms with Crippen molar-refractivity contribution < 1.29 is 18.0 Å². The normalized spacial score (nSPS) is 12.7. The summed E-state index contributed by atoms with van der Waals surface area (Å²) in [4.78, 5) is 20.8. The van der Waals surface area contributed by atoms with Gasteiger partial charge in [-0.25, -0.2) is 14.6 Å². The molecule has 0 saturated heterocycles. The molecule has 0 bridgehead atoms. The SMILES string of the molecule is CC(C)CC(CNC(=O)c1cn(-c2ncccn2)nc1Cl)c1ccc(C(F)(F)F)cc1. The van der Waals surface area contributed by atoms with Crippen molar-refractivity contribution in [2.75, 3.05) is 6.54 Å². The Bertz CT molecular complexity index is 1020. The monoisotopic (exact) mass is 451 g/mol. The number of halogens is 4. The summed E-state index contributed by atoms with van der Waals surface area (Å²) in [7, 11) is 0. The van der Waals surface area contributed by atoms with Gasteiger partial charge in [-0.3, -0.25) is 4.79 Å². The number of nitrogens with zero attached hydrogens (tertiary/aromatic N) is 4. The zero-order chi connectivity index (χ0) is 22.6. The second kappa shape index (κ2) is 9.47. The number of benzene rings is 1. The molecule has 2 aromatic heterocycles. The molecule has 31 heavy (non-hydrogen) atoms. The molecule has 164 valence electrons. The van der Waals surface area contributed by atoms with Crippen molar-refractivity contribution in [3.05, 3.63) is 70.8 Å². The Balaban J connectivity index is 1.73. The van der Waals surface area contributed by atoms with Crippen LogP contribution in [-0.2, 0) is 6.18 Å². The molecule has 0 saturated carbocycles. The predicted octanol–water partition coefficient (Wildman–Crippen LogP) is 4.89. The molecule has 3 aromatic rings. The van der Waals surface area contributed by atoms with E-state index in [1.165, 1.54) is 35.4 Å². The lowest BCUT2D eigenvalue weighted by Crippen LogP contribution is -2.29. The van der Waals surface area contributed by atoms with E-state index < -0.39 is 17.6 Å². The van der Waals surface area contributed by atoms with Crippen LogP contribution in [0.1, 0.15) is 47.7 Å². The Kier molecular flexibility index (Phi) is 6.94. The number of nitrogens with one attached hydrogen (secondary N) is 1. The Labute approximate surface area is 182 Å². The van der Waals surface area contributed by atoms with Crippen LogP contribution in [0.25, 0.3) is 5.95 Å². The summed E-state index contributed by atoms with van der Waals surface area (Å²) in [6.45, 7) is 4.27. The number of carbonyl (C=O) groups is 1. The fourth-order valence-electron chi connectivity index (χ4n) is 3.18. The van der Waals surface area contributed by atoms with E-state index in [0.717, 1.165) is 17.7 Å². The van der Waals surface area contributed by atoms with Crippen LogP contribution in [0.5, 0.6) is 0 Å². The van der Waals surface area contributed by atoms with E-state index in [4.69, 9.17) is 11.6 Å². The molecule has 2 heterocycles. The third-order valence-corrected chi connectivity index (χ3v) is 4.92. The Morgan fingerprint density at radius 3 is 2.39 bits per heavy atom. The van der Waals surface area contributed by atoms with Crippen molar-refractivity contribution in [2.24, 2.45) is 5.92 Å². The third kappa shape index (κ3) is 5.81. The third-order valence-electron chi connectivity index (χ3n) is 4.65. The maximum Gasteiger partial charge on any atom is 0.416 e. The highest BCUT2D eigenvalue weighted by atomic mass is 35.5. The van der Waals surface area contributed by atoms with E-state index in [1.807, 2.05) is 13.8 Å². The molecule has 0 fully saturated rings. The summed E-state index contributed by atoms with van der Waals surface area (Å²) >= 11 is 6.11. The van der Waals surface area contributed by atoms with Gasteiger partial charge in [0, 0.05) is 31.1 Å². The Morgan fingerprint density at radius 1 is 1.16 bits per heavy atom. The first-order chi connectivity index (χ1) is 14.6. The molecule has 1 N–H and O–H groups in total. The fraction of sp³-hybridized carbons (Fsp3) is 0.333. The second-order valence-corrected chi connectivity index (χ2v) is 7.84. The molecular weight excluding hydrogens is 431 g/mol. The smallest absolute Gasteiger partial charge is 0.351 e. The van der Waals surface area contributed by atoms with Gasteiger partial charge in [-0.05, 0) is 36.1 Å². The maximum absolute atomic E-state index is 12.8. The highest BCUT2D eigenvalue weighted by Crippen LogP contribution is 2.31. The maximum atomic E-state index is 12.8. The van der Waals surface area contributed by atoms with Crippen LogP contribution in [0.4, 0.5) is 13.2 Å². The lowest BCUT2D eigenvalue weighted by Gasteiger charge is -2.20. The fourth-order valence-corrected chi connectivity index (χ4v) is 3.39. The van der Waals surface area contributed by atoms with Gasteiger partial charge in [0.1, 0.15) is 0 Å². The van der Waals surface area contributed by atoms with Crippen LogP contribution in [0, 0.1) is 5.92 Å². The first-order valence-corrected chi connectivity index (χ1v) is 10.0. The minimum atomic E-state index is -4.39. The van der Waals surface area contributed by atoms with Crippen LogP contribution < -0.4 is 5.32 Å². The molecule has 6 nitrogen and oxygen atoms in total. The molecule has 0 aliphatic heterocycles. The van der Waals surface area contributed by atoms with E-state index in [9.17, 15) is 18.0 Å². The van der Waals surface area contributed by atoms with E-state index in [-0.39, 0.29) is 35.0 Å². The molecular formula is C21H21ClF3N5O. The van der Waals surface area contributed by atoms with E-state index in [2.05, 4.69) is 20.4 Å². The van der Waals surface area contributed by atoms with Gasteiger partial charge in [0.2, 0.25) is 5.95 Å². The minimum absolute atomic E-state index is 0.0000993. The average Bonchev–Trinajstić information content (AvgIpc) is 3.12. The Hall–Kier alpha value is -2.94. The van der Waals surface area contributed by atoms with Gasteiger partial charge in [-0.1, -0.05) is 37.6 Å². The lowest BCUT2D eigenvalue weighted by atomic mass is 9.89. The number of aromatic nitrogens is 4. The van der Waals surface area contributed by atoms with E-state index in [1.54, 1.807) is 6.07 Å². The molecule has 1 unspecified atom stereocenters. The molecule has 10 heteroatoms.